The van der Waals surface area contributed by atoms with Crippen molar-refractivity contribution in [1.82, 2.24) is 0 Å². The van der Waals surface area contributed by atoms with Crippen LogP contribution in [0.1, 0.15) is 17.5 Å². The van der Waals surface area contributed by atoms with Crippen LogP contribution in [0.3, 0.4) is 0 Å². The van der Waals surface area contributed by atoms with Gasteiger partial charge >= 0.3 is 0 Å². The first kappa shape index (κ1) is 13.6. The van der Waals surface area contributed by atoms with Gasteiger partial charge in [0, 0.05) is 22.6 Å². The highest BCUT2D eigenvalue weighted by Crippen LogP contribution is 2.28. The van der Waals surface area contributed by atoms with E-state index in [4.69, 9.17) is 22.7 Å². The van der Waals surface area contributed by atoms with E-state index in [9.17, 15) is 8.42 Å². The number of benzene rings is 1. The van der Waals surface area contributed by atoms with Crippen LogP contribution in [0.4, 0.5) is 0 Å². The average molecular weight is 295 g/mol. The fraction of sp³-hybridized carbons (Fsp3) is 0.0769. The maximum atomic E-state index is 11.2. The molecule has 19 heavy (non-hydrogen) atoms. The molecule has 0 amide bonds. The molecular weight excluding hydrogens is 284 g/mol. The van der Waals surface area contributed by atoms with E-state index in [1.807, 2.05) is 0 Å². The maximum absolute atomic E-state index is 11.2. The first-order chi connectivity index (χ1) is 9.00. The summed E-state index contributed by atoms with van der Waals surface area (Å²) in [7, 11) is -2.31. The number of hydrogen-bond acceptors (Lipinski definition) is 3. The Bertz CT molecular complexity index is 720. The Morgan fingerprint density at radius 3 is 2.42 bits per heavy atom. The summed E-state index contributed by atoms with van der Waals surface area (Å²) in [5.74, 6) is -0.0354. The Balaban J connectivity index is 2.58. The van der Waals surface area contributed by atoms with Gasteiger partial charge in [0.05, 0.1) is 4.86 Å². The van der Waals surface area contributed by atoms with E-state index in [2.05, 4.69) is 0 Å². The molecule has 2 rings (SSSR count). The number of rotatable bonds is 2. The predicted octanol–water partition coefficient (Wildman–Crippen LogP) is 1.93. The van der Waals surface area contributed by atoms with Crippen LogP contribution >= 0.6 is 11.6 Å². The van der Waals surface area contributed by atoms with Crippen LogP contribution in [0.2, 0.25) is 0 Å². The van der Waals surface area contributed by atoms with Gasteiger partial charge in [0.1, 0.15) is 5.84 Å². The zero-order chi connectivity index (χ0) is 14.0. The van der Waals surface area contributed by atoms with E-state index < -0.39 is 10.3 Å². The Morgan fingerprint density at radius 2 is 1.89 bits per heavy atom. The molecular formula is C13H11ClN2O2S. The summed E-state index contributed by atoms with van der Waals surface area (Å²) in [5, 5.41) is 7.71. The molecule has 1 aliphatic carbocycles. The molecule has 1 aliphatic rings. The van der Waals surface area contributed by atoms with E-state index >= 15 is 0 Å². The third kappa shape index (κ3) is 2.77. The molecule has 0 saturated carbocycles. The Labute approximate surface area is 117 Å². The van der Waals surface area contributed by atoms with Gasteiger partial charge in [0.25, 0.3) is 0 Å². The number of nitrogens with two attached hydrogens (primary N) is 1. The summed E-state index contributed by atoms with van der Waals surface area (Å²) in [6, 6.07) is 6.75. The van der Waals surface area contributed by atoms with Crippen LogP contribution in [0.5, 0.6) is 0 Å². The van der Waals surface area contributed by atoms with Crippen molar-refractivity contribution in [2.45, 2.75) is 6.42 Å². The fourth-order valence-corrected chi connectivity index (χ4v) is 2.85. The molecule has 1 aromatic rings. The van der Waals surface area contributed by atoms with Crippen molar-refractivity contribution in [2.75, 3.05) is 0 Å². The molecule has 0 heterocycles. The van der Waals surface area contributed by atoms with E-state index in [-0.39, 0.29) is 10.7 Å². The molecule has 0 aromatic heterocycles. The Morgan fingerprint density at radius 1 is 1.26 bits per heavy atom. The standard InChI is InChI=1S/C13H11ClN2O2S/c14-10-2-1-3-11(19(17)18)12(10)8-4-6-9(7-5-8)13(15)16/h1-2,4-7H,3H2,(H3,15,16). The van der Waals surface area contributed by atoms with Gasteiger partial charge < -0.3 is 5.73 Å². The molecule has 0 bridgehead atoms. The van der Waals surface area contributed by atoms with Gasteiger partial charge in [-0.3, -0.25) is 5.41 Å². The van der Waals surface area contributed by atoms with E-state index in [0.717, 1.165) is 0 Å². The van der Waals surface area contributed by atoms with E-state index in [1.54, 1.807) is 36.4 Å². The number of hydrogen-bond donors (Lipinski definition) is 2. The maximum Gasteiger partial charge on any atom is 0.218 e. The second kappa shape index (κ2) is 5.42. The van der Waals surface area contributed by atoms with Gasteiger partial charge in [-0.25, -0.2) is 0 Å². The minimum absolute atomic E-state index is 0.0354. The summed E-state index contributed by atoms with van der Waals surface area (Å²) in [4.78, 5) is 0.267. The minimum atomic E-state index is -2.31. The molecule has 6 heteroatoms. The number of nitrogens with one attached hydrogen (secondary N) is 1. The predicted molar refractivity (Wildman–Crippen MR) is 77.9 cm³/mol. The molecule has 0 radical (unpaired) electrons. The zero-order valence-corrected chi connectivity index (χ0v) is 11.4. The van der Waals surface area contributed by atoms with Crippen molar-refractivity contribution in [1.29, 1.82) is 5.41 Å². The number of amidine groups is 1. The molecule has 0 fully saturated rings. The number of nitrogen functional groups attached to an aromatic ring is 1. The number of allylic oxidation sites excluding steroid dienone is 4. The fourth-order valence-electron chi connectivity index (χ4n) is 1.85. The molecule has 0 spiro atoms. The normalized spacial score (nSPS) is 14.7. The summed E-state index contributed by atoms with van der Waals surface area (Å²) < 4.78 is 22.5. The third-order valence-electron chi connectivity index (χ3n) is 2.77. The lowest BCUT2D eigenvalue weighted by Crippen LogP contribution is -2.11. The zero-order valence-electron chi connectivity index (χ0n) is 9.85. The highest BCUT2D eigenvalue weighted by molar-refractivity contribution is 7.74. The topological polar surface area (TPSA) is 84.0 Å². The molecule has 4 nitrogen and oxygen atoms in total. The van der Waals surface area contributed by atoms with Crippen LogP contribution < -0.4 is 5.73 Å². The van der Waals surface area contributed by atoms with Crippen molar-refractivity contribution >= 4 is 38.2 Å². The second-order valence-corrected chi connectivity index (χ2v) is 5.35. The van der Waals surface area contributed by atoms with E-state index in [0.29, 0.717) is 28.2 Å². The molecule has 98 valence electrons. The third-order valence-corrected chi connectivity index (χ3v) is 3.86. The lowest BCUT2D eigenvalue weighted by atomic mass is 9.96. The highest BCUT2D eigenvalue weighted by atomic mass is 35.5. The molecule has 0 unspecified atom stereocenters. The van der Waals surface area contributed by atoms with Crippen molar-refractivity contribution in [3.05, 3.63) is 52.6 Å². The summed E-state index contributed by atoms with van der Waals surface area (Å²) in [5.41, 5.74) is 7.16. The van der Waals surface area contributed by atoms with Crippen LogP contribution in [-0.2, 0) is 10.3 Å². The lowest BCUT2D eigenvalue weighted by Gasteiger charge is -2.13. The van der Waals surface area contributed by atoms with Gasteiger partial charge in [-0.15, -0.1) is 0 Å². The monoisotopic (exact) mass is 294 g/mol. The minimum Gasteiger partial charge on any atom is -0.384 e. The Kier molecular flexibility index (Phi) is 3.87. The second-order valence-electron chi connectivity index (χ2n) is 3.98. The smallest absolute Gasteiger partial charge is 0.218 e. The Hall–Kier alpha value is -1.85. The summed E-state index contributed by atoms with van der Waals surface area (Å²) in [6.07, 6.45) is 3.73. The van der Waals surface area contributed by atoms with E-state index in [1.165, 1.54) is 0 Å². The van der Waals surface area contributed by atoms with Gasteiger partial charge in [-0.1, -0.05) is 41.9 Å². The van der Waals surface area contributed by atoms with Crippen LogP contribution in [0.25, 0.3) is 5.57 Å². The first-order valence-electron chi connectivity index (χ1n) is 5.47. The average Bonchev–Trinajstić information content (AvgIpc) is 2.38. The largest absolute Gasteiger partial charge is 0.384 e. The van der Waals surface area contributed by atoms with Gasteiger partial charge in [0.15, 0.2) is 0 Å². The molecule has 0 aliphatic heterocycles. The van der Waals surface area contributed by atoms with Crippen LogP contribution in [0.15, 0.2) is 41.4 Å². The van der Waals surface area contributed by atoms with Crippen LogP contribution in [0, 0.1) is 5.41 Å². The SMILES string of the molecule is N=C(N)c1ccc(C2=C(Cl)C=CCC2=S(=O)=O)cc1. The molecule has 1 aromatic carbocycles. The van der Waals surface area contributed by atoms with Crippen molar-refractivity contribution < 1.29 is 8.42 Å². The van der Waals surface area contributed by atoms with Gasteiger partial charge in [0.2, 0.25) is 10.3 Å². The molecule has 0 saturated heterocycles. The summed E-state index contributed by atoms with van der Waals surface area (Å²) in [6.45, 7) is 0. The van der Waals surface area contributed by atoms with Crippen molar-refractivity contribution in [3.8, 4) is 0 Å². The highest BCUT2D eigenvalue weighted by Gasteiger charge is 2.17. The first-order valence-corrected chi connectivity index (χ1v) is 6.92. The lowest BCUT2D eigenvalue weighted by molar-refractivity contribution is 0.627. The van der Waals surface area contributed by atoms with Gasteiger partial charge in [-0.2, -0.15) is 8.42 Å². The number of halogens is 1. The van der Waals surface area contributed by atoms with Gasteiger partial charge in [-0.05, 0) is 11.6 Å². The summed E-state index contributed by atoms with van der Waals surface area (Å²) >= 11 is 6.09. The molecule has 3 N–H and O–H groups in total. The van der Waals surface area contributed by atoms with Crippen LogP contribution in [-0.4, -0.2) is 19.1 Å². The van der Waals surface area contributed by atoms with Crippen molar-refractivity contribution in [2.24, 2.45) is 5.73 Å². The quantitative estimate of drug-likeness (QED) is 0.496. The molecule has 0 atom stereocenters. The van der Waals surface area contributed by atoms with Crippen molar-refractivity contribution in [3.63, 3.8) is 0 Å².